The third kappa shape index (κ3) is 4.44. The predicted molar refractivity (Wildman–Crippen MR) is 77.0 cm³/mol. The summed E-state index contributed by atoms with van der Waals surface area (Å²) in [5.41, 5.74) is -0.166. The van der Waals surface area contributed by atoms with Gasteiger partial charge in [0.05, 0.1) is 11.3 Å². The van der Waals surface area contributed by atoms with E-state index in [1.807, 2.05) is 0 Å². The Kier molecular flexibility index (Phi) is 5.14. The number of carboxylic acids is 1. The fraction of sp³-hybridized carbons (Fsp3) is 0.467. The fourth-order valence-electron chi connectivity index (χ4n) is 2.57. The van der Waals surface area contributed by atoms with Crippen LogP contribution in [-0.2, 0) is 0 Å². The molecule has 0 radical (unpaired) electrons. The molecule has 1 aliphatic carbocycles. The lowest BCUT2D eigenvalue weighted by atomic mass is 10.1. The van der Waals surface area contributed by atoms with Crippen LogP contribution in [0.1, 0.15) is 48.9 Å². The average molecular weight is 294 g/mol. The molecule has 0 spiro atoms. The van der Waals surface area contributed by atoms with E-state index >= 15 is 0 Å². The zero-order chi connectivity index (χ0) is 15.2. The van der Waals surface area contributed by atoms with E-state index in [1.54, 1.807) is 0 Å². The minimum atomic E-state index is -1.28. The van der Waals surface area contributed by atoms with Crippen LogP contribution >= 0.6 is 0 Å². The Bertz CT molecular complexity index is 526. The van der Waals surface area contributed by atoms with Gasteiger partial charge in [0.1, 0.15) is 5.82 Å². The van der Waals surface area contributed by atoms with Crippen molar-refractivity contribution < 1.29 is 19.1 Å². The number of hydrogen-bond acceptors (Lipinski definition) is 2. The highest BCUT2D eigenvalue weighted by molar-refractivity contribution is 6.00. The molecule has 0 aromatic heterocycles. The lowest BCUT2D eigenvalue weighted by Crippen LogP contribution is -2.37. The fourth-order valence-corrected chi connectivity index (χ4v) is 2.57. The maximum Gasteiger partial charge on any atom is 0.337 e. The first-order valence-corrected chi connectivity index (χ1v) is 7.16. The number of aromatic carboxylic acids is 1. The Labute approximate surface area is 122 Å². The number of nitrogens with one attached hydrogen (secondary N) is 2. The van der Waals surface area contributed by atoms with Gasteiger partial charge in [0.15, 0.2) is 0 Å². The monoisotopic (exact) mass is 294 g/mol. The first kappa shape index (κ1) is 15.3. The molecule has 0 aliphatic heterocycles. The van der Waals surface area contributed by atoms with Gasteiger partial charge in [-0.2, -0.15) is 0 Å². The molecular weight excluding hydrogens is 275 g/mol. The van der Waals surface area contributed by atoms with Gasteiger partial charge in [0.25, 0.3) is 0 Å². The SMILES string of the molecule is O=C(Nc1ccc(F)cc1C(=O)O)NC1CCCCCC1. The number of halogens is 1. The zero-order valence-electron chi connectivity index (χ0n) is 11.7. The highest BCUT2D eigenvalue weighted by atomic mass is 19.1. The van der Waals surface area contributed by atoms with Crippen LogP contribution in [0.3, 0.4) is 0 Å². The second-order valence-corrected chi connectivity index (χ2v) is 5.28. The topological polar surface area (TPSA) is 78.4 Å². The van der Waals surface area contributed by atoms with Crippen molar-refractivity contribution in [3.63, 3.8) is 0 Å². The summed E-state index contributed by atoms with van der Waals surface area (Å²) in [6.45, 7) is 0. The molecule has 1 aromatic rings. The predicted octanol–water partition coefficient (Wildman–Crippen LogP) is 3.37. The van der Waals surface area contributed by atoms with Crippen molar-refractivity contribution in [3.05, 3.63) is 29.6 Å². The summed E-state index contributed by atoms with van der Waals surface area (Å²) >= 11 is 0. The number of anilines is 1. The molecule has 0 unspecified atom stereocenters. The largest absolute Gasteiger partial charge is 0.478 e. The molecule has 2 amide bonds. The van der Waals surface area contributed by atoms with Crippen LogP contribution in [0.25, 0.3) is 0 Å². The number of rotatable bonds is 3. The van der Waals surface area contributed by atoms with Gasteiger partial charge < -0.3 is 15.7 Å². The molecule has 0 bridgehead atoms. The molecule has 21 heavy (non-hydrogen) atoms. The number of hydrogen-bond donors (Lipinski definition) is 3. The second kappa shape index (κ2) is 7.06. The van der Waals surface area contributed by atoms with Crippen LogP contribution in [-0.4, -0.2) is 23.1 Å². The Morgan fingerprint density at radius 2 is 1.81 bits per heavy atom. The number of benzene rings is 1. The van der Waals surface area contributed by atoms with Gasteiger partial charge in [0.2, 0.25) is 0 Å². The third-order valence-corrected chi connectivity index (χ3v) is 3.65. The zero-order valence-corrected chi connectivity index (χ0v) is 11.7. The summed E-state index contributed by atoms with van der Waals surface area (Å²) in [5.74, 6) is -1.93. The summed E-state index contributed by atoms with van der Waals surface area (Å²) in [6.07, 6.45) is 6.40. The van der Waals surface area contributed by atoms with Gasteiger partial charge in [-0.15, -0.1) is 0 Å². The first-order valence-electron chi connectivity index (χ1n) is 7.16. The smallest absolute Gasteiger partial charge is 0.337 e. The van der Waals surface area contributed by atoms with Crippen molar-refractivity contribution in [2.75, 3.05) is 5.32 Å². The van der Waals surface area contributed by atoms with Crippen LogP contribution in [0.2, 0.25) is 0 Å². The number of carbonyl (C=O) groups excluding carboxylic acids is 1. The van der Waals surface area contributed by atoms with E-state index in [4.69, 9.17) is 5.11 Å². The summed E-state index contributed by atoms with van der Waals surface area (Å²) in [4.78, 5) is 23.0. The van der Waals surface area contributed by atoms with E-state index in [0.717, 1.165) is 37.8 Å². The van der Waals surface area contributed by atoms with Crippen LogP contribution in [0, 0.1) is 5.82 Å². The quantitative estimate of drug-likeness (QED) is 0.748. The molecule has 2 rings (SSSR count). The van der Waals surface area contributed by atoms with Crippen molar-refractivity contribution in [1.82, 2.24) is 5.32 Å². The maximum atomic E-state index is 13.1. The first-order chi connectivity index (χ1) is 10.1. The van der Waals surface area contributed by atoms with Crippen molar-refractivity contribution in [1.29, 1.82) is 0 Å². The summed E-state index contributed by atoms with van der Waals surface area (Å²) in [6, 6.07) is 2.93. The van der Waals surface area contributed by atoms with E-state index in [-0.39, 0.29) is 17.3 Å². The van der Waals surface area contributed by atoms with Crippen LogP contribution in [0.15, 0.2) is 18.2 Å². The number of carboxylic acid groups (broad SMARTS) is 1. The normalized spacial score (nSPS) is 16.0. The van der Waals surface area contributed by atoms with E-state index in [0.29, 0.717) is 0 Å². The molecule has 114 valence electrons. The summed E-state index contributed by atoms with van der Waals surface area (Å²) in [5, 5.41) is 14.4. The maximum absolute atomic E-state index is 13.1. The van der Waals surface area contributed by atoms with Crippen LogP contribution < -0.4 is 10.6 Å². The molecular formula is C15H19FN2O3. The number of carbonyl (C=O) groups is 2. The van der Waals surface area contributed by atoms with Crippen molar-refractivity contribution in [3.8, 4) is 0 Å². The average Bonchev–Trinajstić information content (AvgIpc) is 2.69. The van der Waals surface area contributed by atoms with Gasteiger partial charge in [-0.05, 0) is 31.0 Å². The molecule has 0 saturated heterocycles. The minimum absolute atomic E-state index is 0.0926. The standard InChI is InChI=1S/C15H19FN2O3/c16-10-7-8-13(12(9-10)14(19)20)18-15(21)17-11-5-3-1-2-4-6-11/h7-9,11H,1-6H2,(H,19,20)(H2,17,18,21). The Hall–Kier alpha value is -2.11. The molecule has 1 fully saturated rings. The molecule has 1 aromatic carbocycles. The highest BCUT2D eigenvalue weighted by Crippen LogP contribution is 2.19. The van der Waals surface area contributed by atoms with Gasteiger partial charge in [-0.1, -0.05) is 25.7 Å². The molecule has 0 heterocycles. The minimum Gasteiger partial charge on any atom is -0.478 e. The van der Waals surface area contributed by atoms with Gasteiger partial charge >= 0.3 is 12.0 Å². The Morgan fingerprint density at radius 3 is 2.43 bits per heavy atom. The molecule has 6 heteroatoms. The summed E-state index contributed by atoms with van der Waals surface area (Å²) < 4.78 is 13.1. The van der Waals surface area contributed by atoms with Crippen LogP contribution in [0.4, 0.5) is 14.9 Å². The van der Waals surface area contributed by atoms with E-state index < -0.39 is 17.8 Å². The van der Waals surface area contributed by atoms with E-state index in [2.05, 4.69) is 10.6 Å². The van der Waals surface area contributed by atoms with Gasteiger partial charge in [-0.3, -0.25) is 0 Å². The van der Waals surface area contributed by atoms with Crippen molar-refractivity contribution in [2.45, 2.75) is 44.6 Å². The Balaban J connectivity index is 2.00. The Morgan fingerprint density at radius 1 is 1.14 bits per heavy atom. The lowest BCUT2D eigenvalue weighted by Gasteiger charge is -2.17. The highest BCUT2D eigenvalue weighted by Gasteiger charge is 2.17. The van der Waals surface area contributed by atoms with E-state index in [1.165, 1.54) is 18.9 Å². The number of urea groups is 1. The van der Waals surface area contributed by atoms with Gasteiger partial charge in [-0.25, -0.2) is 14.0 Å². The van der Waals surface area contributed by atoms with Crippen molar-refractivity contribution in [2.24, 2.45) is 0 Å². The van der Waals surface area contributed by atoms with E-state index in [9.17, 15) is 14.0 Å². The number of amides is 2. The third-order valence-electron chi connectivity index (χ3n) is 3.65. The molecule has 3 N–H and O–H groups in total. The van der Waals surface area contributed by atoms with Crippen molar-refractivity contribution >= 4 is 17.7 Å². The molecule has 0 atom stereocenters. The summed E-state index contributed by atoms with van der Waals surface area (Å²) in [7, 11) is 0. The second-order valence-electron chi connectivity index (χ2n) is 5.28. The lowest BCUT2D eigenvalue weighted by molar-refractivity contribution is 0.0697. The molecule has 1 aliphatic rings. The van der Waals surface area contributed by atoms with Gasteiger partial charge in [0, 0.05) is 6.04 Å². The van der Waals surface area contributed by atoms with Crippen LogP contribution in [0.5, 0.6) is 0 Å². The molecule has 5 nitrogen and oxygen atoms in total. The molecule has 1 saturated carbocycles.